The highest BCUT2D eigenvalue weighted by Gasteiger charge is 2.30. The molecule has 2 heteroatoms. The van der Waals surface area contributed by atoms with Crippen molar-refractivity contribution in [3.8, 4) is 0 Å². The Hall–Kier alpha value is -0.860. The quantitative estimate of drug-likeness (QED) is 0.872. The summed E-state index contributed by atoms with van der Waals surface area (Å²) >= 11 is 0. The molecule has 106 valence electrons. The molecular formula is C17H27NO. The van der Waals surface area contributed by atoms with Crippen LogP contribution in [-0.2, 0) is 4.74 Å². The first-order chi connectivity index (χ1) is 9.22. The van der Waals surface area contributed by atoms with Crippen LogP contribution in [0.15, 0.2) is 30.3 Å². The molecule has 0 spiro atoms. The largest absolute Gasteiger partial charge is 0.372 e. The van der Waals surface area contributed by atoms with Crippen LogP contribution in [0.5, 0.6) is 0 Å². The molecule has 1 aromatic rings. The highest BCUT2D eigenvalue weighted by Crippen LogP contribution is 2.35. The zero-order chi connectivity index (χ0) is 13.7. The highest BCUT2D eigenvalue weighted by molar-refractivity contribution is 5.19. The van der Waals surface area contributed by atoms with Crippen molar-refractivity contribution >= 4 is 0 Å². The van der Waals surface area contributed by atoms with Crippen LogP contribution in [0.4, 0.5) is 0 Å². The first-order valence-electron chi connectivity index (χ1n) is 7.64. The van der Waals surface area contributed by atoms with Gasteiger partial charge in [0.15, 0.2) is 0 Å². The topological polar surface area (TPSA) is 35.2 Å². The van der Waals surface area contributed by atoms with Gasteiger partial charge in [-0.25, -0.2) is 0 Å². The number of hydrogen-bond acceptors (Lipinski definition) is 2. The van der Waals surface area contributed by atoms with Gasteiger partial charge in [0, 0.05) is 12.6 Å². The van der Waals surface area contributed by atoms with E-state index in [-0.39, 0.29) is 12.1 Å². The van der Waals surface area contributed by atoms with Gasteiger partial charge in [-0.1, -0.05) is 50.1 Å². The van der Waals surface area contributed by atoms with Gasteiger partial charge in [0.1, 0.15) is 0 Å². The van der Waals surface area contributed by atoms with Crippen LogP contribution in [-0.4, -0.2) is 12.6 Å². The van der Waals surface area contributed by atoms with E-state index in [1.807, 2.05) is 13.0 Å². The van der Waals surface area contributed by atoms with Gasteiger partial charge in [-0.3, -0.25) is 0 Å². The van der Waals surface area contributed by atoms with Crippen molar-refractivity contribution in [2.24, 2.45) is 17.6 Å². The minimum atomic E-state index is 0.0459. The summed E-state index contributed by atoms with van der Waals surface area (Å²) in [5.74, 6) is 1.47. The highest BCUT2D eigenvalue weighted by atomic mass is 16.5. The molecule has 0 radical (unpaired) electrons. The van der Waals surface area contributed by atoms with Crippen molar-refractivity contribution in [3.05, 3.63) is 35.9 Å². The molecule has 0 amide bonds. The Morgan fingerprint density at radius 3 is 2.37 bits per heavy atom. The third-order valence-corrected chi connectivity index (χ3v) is 4.43. The molecule has 0 heterocycles. The number of nitrogens with two attached hydrogens (primary N) is 1. The Balaban J connectivity index is 2.06. The molecule has 1 saturated carbocycles. The lowest BCUT2D eigenvalue weighted by Crippen LogP contribution is -2.39. The number of benzene rings is 1. The summed E-state index contributed by atoms with van der Waals surface area (Å²) in [5.41, 5.74) is 7.75. The van der Waals surface area contributed by atoms with E-state index in [9.17, 15) is 0 Å². The van der Waals surface area contributed by atoms with Crippen LogP contribution in [0.3, 0.4) is 0 Å². The molecule has 1 aliphatic carbocycles. The zero-order valence-corrected chi connectivity index (χ0v) is 12.2. The van der Waals surface area contributed by atoms with Crippen molar-refractivity contribution in [2.45, 2.75) is 51.7 Å². The molecule has 2 nitrogen and oxygen atoms in total. The smallest absolute Gasteiger partial charge is 0.0978 e. The maximum atomic E-state index is 6.53. The SMILES string of the molecule is CCOC(c1ccccc1)C(N)C1CCC(C)CC1. The van der Waals surface area contributed by atoms with Crippen molar-refractivity contribution in [1.29, 1.82) is 0 Å². The first-order valence-corrected chi connectivity index (χ1v) is 7.64. The van der Waals surface area contributed by atoms with E-state index in [2.05, 4.69) is 31.2 Å². The molecule has 0 bridgehead atoms. The second-order valence-corrected chi connectivity index (χ2v) is 5.88. The van der Waals surface area contributed by atoms with Crippen LogP contribution in [0.1, 0.15) is 51.2 Å². The Morgan fingerprint density at radius 2 is 1.79 bits per heavy atom. The van der Waals surface area contributed by atoms with E-state index in [0.29, 0.717) is 5.92 Å². The molecule has 1 fully saturated rings. The van der Waals surface area contributed by atoms with Gasteiger partial charge in [-0.05, 0) is 37.2 Å². The van der Waals surface area contributed by atoms with Crippen LogP contribution >= 0.6 is 0 Å². The van der Waals surface area contributed by atoms with E-state index < -0.39 is 0 Å². The maximum Gasteiger partial charge on any atom is 0.0978 e. The van der Waals surface area contributed by atoms with Gasteiger partial charge in [0.25, 0.3) is 0 Å². The van der Waals surface area contributed by atoms with Crippen LogP contribution in [0.25, 0.3) is 0 Å². The molecule has 2 N–H and O–H groups in total. The molecule has 0 aliphatic heterocycles. The molecule has 0 aromatic heterocycles. The Morgan fingerprint density at radius 1 is 1.16 bits per heavy atom. The number of hydrogen-bond donors (Lipinski definition) is 1. The van der Waals surface area contributed by atoms with Gasteiger partial charge in [-0.2, -0.15) is 0 Å². The molecular weight excluding hydrogens is 234 g/mol. The second kappa shape index (κ2) is 7.06. The van der Waals surface area contributed by atoms with E-state index in [1.165, 1.54) is 31.2 Å². The third kappa shape index (κ3) is 3.80. The molecule has 2 atom stereocenters. The first kappa shape index (κ1) is 14.5. The maximum absolute atomic E-state index is 6.53. The predicted octanol–water partition coefficient (Wildman–Crippen LogP) is 3.92. The summed E-state index contributed by atoms with van der Waals surface area (Å²) in [6.45, 7) is 5.11. The molecule has 2 rings (SSSR count). The van der Waals surface area contributed by atoms with Crippen molar-refractivity contribution in [1.82, 2.24) is 0 Å². The van der Waals surface area contributed by atoms with Crippen LogP contribution in [0, 0.1) is 11.8 Å². The normalized spacial score (nSPS) is 26.9. The van der Waals surface area contributed by atoms with E-state index in [0.717, 1.165) is 12.5 Å². The lowest BCUT2D eigenvalue weighted by Gasteiger charge is -2.35. The summed E-state index contributed by atoms with van der Waals surface area (Å²) in [5, 5.41) is 0. The van der Waals surface area contributed by atoms with Crippen molar-refractivity contribution in [2.75, 3.05) is 6.61 Å². The lowest BCUT2D eigenvalue weighted by atomic mass is 9.77. The molecule has 2 unspecified atom stereocenters. The van der Waals surface area contributed by atoms with E-state index >= 15 is 0 Å². The molecule has 1 aliphatic rings. The lowest BCUT2D eigenvalue weighted by molar-refractivity contribution is 0.0202. The zero-order valence-electron chi connectivity index (χ0n) is 12.2. The average Bonchev–Trinajstić information content (AvgIpc) is 2.46. The van der Waals surface area contributed by atoms with Crippen LogP contribution in [0.2, 0.25) is 0 Å². The minimum Gasteiger partial charge on any atom is -0.372 e. The van der Waals surface area contributed by atoms with E-state index in [1.54, 1.807) is 0 Å². The van der Waals surface area contributed by atoms with Gasteiger partial charge in [-0.15, -0.1) is 0 Å². The minimum absolute atomic E-state index is 0.0459. The summed E-state index contributed by atoms with van der Waals surface area (Å²) < 4.78 is 5.94. The molecule has 0 saturated heterocycles. The fourth-order valence-corrected chi connectivity index (χ4v) is 3.17. The predicted molar refractivity (Wildman–Crippen MR) is 79.9 cm³/mol. The number of ether oxygens (including phenoxy) is 1. The van der Waals surface area contributed by atoms with Crippen LogP contribution < -0.4 is 5.73 Å². The fourth-order valence-electron chi connectivity index (χ4n) is 3.17. The van der Waals surface area contributed by atoms with Gasteiger partial charge >= 0.3 is 0 Å². The van der Waals surface area contributed by atoms with E-state index in [4.69, 9.17) is 10.5 Å². The summed E-state index contributed by atoms with van der Waals surface area (Å²) in [6.07, 6.45) is 5.17. The Bertz CT molecular complexity index is 357. The summed E-state index contributed by atoms with van der Waals surface area (Å²) in [7, 11) is 0. The van der Waals surface area contributed by atoms with Gasteiger partial charge in [0.05, 0.1) is 6.10 Å². The Labute approximate surface area is 117 Å². The summed E-state index contributed by atoms with van der Waals surface area (Å²) in [4.78, 5) is 0. The number of rotatable bonds is 5. The molecule has 19 heavy (non-hydrogen) atoms. The fraction of sp³-hybridized carbons (Fsp3) is 0.647. The monoisotopic (exact) mass is 261 g/mol. The van der Waals surface area contributed by atoms with Crippen molar-refractivity contribution < 1.29 is 4.74 Å². The standard InChI is InChI=1S/C17H27NO/c1-3-19-17(15-7-5-4-6-8-15)16(18)14-11-9-13(2)10-12-14/h4-8,13-14,16-17H,3,9-12,18H2,1-2H3. The van der Waals surface area contributed by atoms with Gasteiger partial charge < -0.3 is 10.5 Å². The summed E-state index contributed by atoms with van der Waals surface area (Å²) in [6, 6.07) is 10.6. The Kier molecular flexibility index (Phi) is 5.41. The van der Waals surface area contributed by atoms with Crippen molar-refractivity contribution in [3.63, 3.8) is 0 Å². The second-order valence-electron chi connectivity index (χ2n) is 5.88. The third-order valence-electron chi connectivity index (χ3n) is 4.43. The average molecular weight is 261 g/mol. The van der Waals surface area contributed by atoms with Gasteiger partial charge in [0.2, 0.25) is 0 Å². The molecule has 1 aromatic carbocycles.